The Bertz CT molecular complexity index is 3670. The minimum atomic E-state index is 1.21. The van der Waals surface area contributed by atoms with Gasteiger partial charge in [0.15, 0.2) is 0 Å². The van der Waals surface area contributed by atoms with Crippen LogP contribution in [0.5, 0.6) is 0 Å². The molecule has 0 nitrogen and oxygen atoms in total. The lowest BCUT2D eigenvalue weighted by Gasteiger charge is -2.16. The van der Waals surface area contributed by atoms with Gasteiger partial charge in [0.2, 0.25) is 0 Å². The lowest BCUT2D eigenvalue weighted by atomic mass is 9.87. The summed E-state index contributed by atoms with van der Waals surface area (Å²) >= 11 is 0. The fourth-order valence-electron chi connectivity index (χ4n) is 10.6. The molecule has 0 heteroatoms. The summed E-state index contributed by atoms with van der Waals surface area (Å²) in [5.74, 6) is 0. The number of rotatable bonds is 4. The Morgan fingerprint density at radius 1 is 0.145 bits per heavy atom. The molecule has 286 valence electrons. The molecule has 0 aromatic heterocycles. The molecule has 0 amide bonds. The van der Waals surface area contributed by atoms with Crippen LogP contribution in [0.1, 0.15) is 0 Å². The minimum Gasteiger partial charge on any atom is -0.0616 e. The number of hydrogen-bond acceptors (Lipinski definition) is 0. The minimum absolute atomic E-state index is 1.21. The van der Waals surface area contributed by atoms with Crippen LogP contribution < -0.4 is 0 Å². The first-order valence-corrected chi connectivity index (χ1v) is 21.6. The van der Waals surface area contributed by atoms with E-state index >= 15 is 0 Å². The predicted octanol–water partition coefficient (Wildman–Crippen LogP) is 17.6. The second-order valence-electron chi connectivity index (χ2n) is 16.7. The first kappa shape index (κ1) is 34.8. The Morgan fingerprint density at radius 3 is 0.629 bits per heavy atom. The molecule has 0 saturated heterocycles. The average Bonchev–Trinajstić information content (AvgIpc) is 3.36. The smallest absolute Gasteiger partial charge is 0.00199 e. The van der Waals surface area contributed by atoms with E-state index in [0.717, 1.165) is 0 Å². The van der Waals surface area contributed by atoms with Crippen LogP contribution in [0.4, 0.5) is 0 Å². The maximum atomic E-state index is 2.42. The van der Waals surface area contributed by atoms with Gasteiger partial charge in [0.25, 0.3) is 0 Å². The van der Waals surface area contributed by atoms with E-state index in [9.17, 15) is 0 Å². The van der Waals surface area contributed by atoms with Crippen LogP contribution in [0.25, 0.3) is 131 Å². The lowest BCUT2D eigenvalue weighted by molar-refractivity contribution is 1.58. The molecule has 13 aromatic carbocycles. The largest absolute Gasteiger partial charge is 0.0616 e. The monoisotopic (exact) mass is 782 g/mol. The molecule has 0 aliphatic rings. The van der Waals surface area contributed by atoms with E-state index in [1.165, 1.54) is 131 Å². The van der Waals surface area contributed by atoms with Crippen LogP contribution >= 0.6 is 0 Å². The van der Waals surface area contributed by atoms with E-state index in [1.54, 1.807) is 0 Å². The summed E-state index contributed by atoms with van der Waals surface area (Å²) in [5.41, 5.74) is 9.81. The van der Waals surface area contributed by atoms with Crippen molar-refractivity contribution in [3.63, 3.8) is 0 Å². The Kier molecular flexibility index (Phi) is 7.71. The summed E-state index contributed by atoms with van der Waals surface area (Å²) in [6, 6.07) is 85.4. The third-order valence-electron chi connectivity index (χ3n) is 13.4. The highest BCUT2D eigenvalue weighted by Gasteiger charge is 2.17. The van der Waals surface area contributed by atoms with Gasteiger partial charge in [-0.2, -0.15) is 0 Å². The molecule has 0 heterocycles. The molecular weight excluding hydrogens is 745 g/mol. The standard InChI is InChI=1S/C62H38/c1-3-17-49-45(13-1)47-15-5-9-21-53(47)61-55-23-11-7-19-51(55)57(37-59(49)61)43-33-29-41(30-34-43)39-25-27-40(28-26-39)42-31-35-44(36-32-42)58-38-60-50-18-4-2-14-46(50)48-16-6-10-22-54(48)62(60)56-24-12-8-20-52(56)58/h1-38H. The Morgan fingerprint density at radius 2 is 0.339 bits per heavy atom. The van der Waals surface area contributed by atoms with Gasteiger partial charge >= 0.3 is 0 Å². The molecule has 0 fully saturated rings. The molecule has 0 saturated carbocycles. The SMILES string of the molecule is c1ccc2c(c1)c(-c1ccc(-c3ccc(-c4ccc(-c5cc6c7ccccc7c7ccccc7c6c6ccccc56)cc4)cc3)cc1)cc1c3ccccc3c3ccccc3c21. The quantitative estimate of drug-likeness (QED) is 0.156. The van der Waals surface area contributed by atoms with Crippen molar-refractivity contribution in [2.24, 2.45) is 0 Å². The van der Waals surface area contributed by atoms with Crippen LogP contribution in [0.3, 0.4) is 0 Å². The van der Waals surface area contributed by atoms with Crippen molar-refractivity contribution in [2.75, 3.05) is 0 Å². The van der Waals surface area contributed by atoms with Gasteiger partial charge in [-0.15, -0.1) is 0 Å². The van der Waals surface area contributed by atoms with Crippen molar-refractivity contribution in [3.05, 3.63) is 231 Å². The maximum absolute atomic E-state index is 2.42. The van der Waals surface area contributed by atoms with Crippen molar-refractivity contribution in [1.82, 2.24) is 0 Å². The molecular formula is C62H38. The topological polar surface area (TPSA) is 0 Å². The van der Waals surface area contributed by atoms with E-state index in [1.807, 2.05) is 0 Å². The van der Waals surface area contributed by atoms with E-state index in [2.05, 4.69) is 231 Å². The molecule has 13 aromatic rings. The van der Waals surface area contributed by atoms with Crippen LogP contribution in [-0.2, 0) is 0 Å². The molecule has 0 bridgehead atoms. The second-order valence-corrected chi connectivity index (χ2v) is 16.7. The van der Waals surface area contributed by atoms with Gasteiger partial charge < -0.3 is 0 Å². The van der Waals surface area contributed by atoms with Gasteiger partial charge in [0.1, 0.15) is 0 Å². The summed E-state index contributed by atoms with van der Waals surface area (Å²) in [6.07, 6.45) is 0. The predicted molar refractivity (Wildman–Crippen MR) is 268 cm³/mol. The molecule has 62 heavy (non-hydrogen) atoms. The third-order valence-corrected chi connectivity index (χ3v) is 13.4. The van der Waals surface area contributed by atoms with E-state index in [-0.39, 0.29) is 0 Å². The van der Waals surface area contributed by atoms with Gasteiger partial charge in [-0.1, -0.05) is 218 Å². The highest BCUT2D eigenvalue weighted by atomic mass is 14.2. The van der Waals surface area contributed by atoms with Gasteiger partial charge in [-0.05, 0) is 143 Å². The van der Waals surface area contributed by atoms with Crippen LogP contribution in [0, 0.1) is 0 Å². The highest BCUT2D eigenvalue weighted by Crippen LogP contribution is 2.45. The summed E-state index contributed by atoms with van der Waals surface area (Å²) in [4.78, 5) is 0. The number of hydrogen-bond donors (Lipinski definition) is 0. The van der Waals surface area contributed by atoms with E-state index in [4.69, 9.17) is 0 Å². The highest BCUT2D eigenvalue weighted by molar-refractivity contribution is 6.34. The molecule has 0 spiro atoms. The second kappa shape index (κ2) is 13.7. The summed E-state index contributed by atoms with van der Waals surface area (Å²) in [7, 11) is 0. The fraction of sp³-hybridized carbons (Fsp3) is 0. The molecule has 0 unspecified atom stereocenters. The maximum Gasteiger partial charge on any atom is -0.00199 e. The zero-order chi connectivity index (χ0) is 40.7. The molecule has 0 radical (unpaired) electrons. The van der Waals surface area contributed by atoms with Crippen LogP contribution in [0.15, 0.2) is 231 Å². The Hall–Kier alpha value is -8.06. The lowest BCUT2D eigenvalue weighted by Crippen LogP contribution is -1.89. The Balaban J connectivity index is 0.846. The van der Waals surface area contributed by atoms with Crippen molar-refractivity contribution >= 4 is 86.2 Å². The molecule has 0 aliphatic carbocycles. The average molecular weight is 783 g/mol. The van der Waals surface area contributed by atoms with E-state index < -0.39 is 0 Å². The molecule has 13 rings (SSSR count). The molecule has 0 N–H and O–H groups in total. The summed E-state index contributed by atoms with van der Waals surface area (Å²) < 4.78 is 0. The fourth-order valence-corrected chi connectivity index (χ4v) is 10.6. The molecule has 0 atom stereocenters. The summed E-state index contributed by atoms with van der Waals surface area (Å²) in [6.45, 7) is 0. The summed E-state index contributed by atoms with van der Waals surface area (Å²) in [5, 5.41) is 20.8. The van der Waals surface area contributed by atoms with Gasteiger partial charge in [0.05, 0.1) is 0 Å². The van der Waals surface area contributed by atoms with E-state index in [0.29, 0.717) is 0 Å². The zero-order valence-electron chi connectivity index (χ0n) is 33.9. The number of benzene rings is 13. The van der Waals surface area contributed by atoms with Gasteiger partial charge in [-0.3, -0.25) is 0 Å². The van der Waals surface area contributed by atoms with Crippen molar-refractivity contribution in [2.45, 2.75) is 0 Å². The van der Waals surface area contributed by atoms with Crippen molar-refractivity contribution in [1.29, 1.82) is 0 Å². The molecule has 0 aliphatic heterocycles. The number of fused-ring (bicyclic) bond motifs is 16. The third kappa shape index (κ3) is 5.27. The van der Waals surface area contributed by atoms with Gasteiger partial charge in [0, 0.05) is 0 Å². The Labute approximate surface area is 359 Å². The zero-order valence-corrected chi connectivity index (χ0v) is 33.9. The first-order valence-electron chi connectivity index (χ1n) is 21.6. The van der Waals surface area contributed by atoms with Gasteiger partial charge in [-0.25, -0.2) is 0 Å². The first-order chi connectivity index (χ1) is 30.8. The van der Waals surface area contributed by atoms with Crippen molar-refractivity contribution < 1.29 is 0 Å². The normalized spacial score (nSPS) is 11.9. The van der Waals surface area contributed by atoms with Crippen molar-refractivity contribution in [3.8, 4) is 44.5 Å². The van der Waals surface area contributed by atoms with Crippen LogP contribution in [0.2, 0.25) is 0 Å². The van der Waals surface area contributed by atoms with Crippen LogP contribution in [-0.4, -0.2) is 0 Å².